The van der Waals surface area contributed by atoms with Crippen LogP contribution in [0.25, 0.3) is 0 Å². The Kier molecular flexibility index (Phi) is 6.46. The third kappa shape index (κ3) is 5.47. The number of piperidine rings is 1. The molecule has 1 saturated heterocycles. The van der Waals surface area contributed by atoms with Crippen LogP contribution in [0.4, 0.5) is 0 Å². The van der Waals surface area contributed by atoms with Crippen molar-refractivity contribution in [3.05, 3.63) is 0 Å². The Balaban J connectivity index is 2.22. The summed E-state index contributed by atoms with van der Waals surface area (Å²) in [5.74, 6) is 3.49. The van der Waals surface area contributed by atoms with E-state index in [1.165, 1.54) is 0 Å². The number of terminal acetylenes is 1. The lowest BCUT2D eigenvalue weighted by Gasteiger charge is -2.22. The topological polar surface area (TPSA) is 41.1 Å². The molecule has 0 aromatic heterocycles. The van der Waals surface area contributed by atoms with Crippen LogP contribution in [0.3, 0.4) is 0 Å². The van der Waals surface area contributed by atoms with Crippen LogP contribution in [0.1, 0.15) is 26.7 Å². The largest absolute Gasteiger partial charge is 0.341 e. The van der Waals surface area contributed by atoms with E-state index in [-0.39, 0.29) is 17.9 Å². The van der Waals surface area contributed by atoms with E-state index in [0.717, 1.165) is 25.9 Å². The Bertz CT molecular complexity index is 280. The van der Waals surface area contributed by atoms with Crippen LogP contribution in [0, 0.1) is 18.3 Å². The normalized spacial score (nSPS) is 18.7. The van der Waals surface area contributed by atoms with Gasteiger partial charge in [-0.15, -0.1) is 18.2 Å². The number of hydrogen-bond acceptors (Lipinski definition) is 3. The molecule has 0 spiro atoms. The van der Waals surface area contributed by atoms with Crippen molar-refractivity contribution in [2.75, 3.05) is 18.8 Å². The van der Waals surface area contributed by atoms with E-state index in [1.54, 1.807) is 11.8 Å². The van der Waals surface area contributed by atoms with Gasteiger partial charge in [-0.05, 0) is 31.8 Å². The number of amides is 1. The Morgan fingerprint density at radius 1 is 1.53 bits per heavy atom. The Hall–Kier alpha value is -0.660. The average molecular weight is 254 g/mol. The maximum atomic E-state index is 11.7. The SMILES string of the molecule is C#CC(NC(=O)CSC1CCNCC1)C(C)C. The molecule has 1 fully saturated rings. The maximum Gasteiger partial charge on any atom is 0.230 e. The minimum Gasteiger partial charge on any atom is -0.341 e. The van der Waals surface area contributed by atoms with Crippen molar-refractivity contribution in [1.29, 1.82) is 0 Å². The van der Waals surface area contributed by atoms with Gasteiger partial charge in [0.15, 0.2) is 0 Å². The molecular formula is C13H22N2OS. The van der Waals surface area contributed by atoms with Crippen molar-refractivity contribution in [1.82, 2.24) is 10.6 Å². The third-order valence-electron chi connectivity index (χ3n) is 2.90. The van der Waals surface area contributed by atoms with Crippen molar-refractivity contribution >= 4 is 17.7 Å². The second-order valence-corrected chi connectivity index (χ2v) is 6.00. The molecule has 1 unspecified atom stereocenters. The fourth-order valence-corrected chi connectivity index (χ4v) is 2.81. The summed E-state index contributed by atoms with van der Waals surface area (Å²) >= 11 is 1.75. The van der Waals surface area contributed by atoms with Crippen LogP contribution in [-0.4, -0.2) is 36.0 Å². The molecule has 1 rings (SSSR count). The zero-order valence-electron chi connectivity index (χ0n) is 10.7. The number of nitrogens with one attached hydrogen (secondary N) is 2. The van der Waals surface area contributed by atoms with E-state index in [1.807, 2.05) is 13.8 Å². The maximum absolute atomic E-state index is 11.7. The summed E-state index contributed by atoms with van der Waals surface area (Å²) in [6, 6.07) is -0.142. The van der Waals surface area contributed by atoms with Gasteiger partial charge in [-0.25, -0.2) is 0 Å². The molecule has 3 nitrogen and oxygen atoms in total. The van der Waals surface area contributed by atoms with Crippen LogP contribution < -0.4 is 10.6 Å². The molecule has 17 heavy (non-hydrogen) atoms. The van der Waals surface area contributed by atoms with Crippen LogP contribution in [0.5, 0.6) is 0 Å². The molecular weight excluding hydrogens is 232 g/mol. The van der Waals surface area contributed by atoms with Crippen LogP contribution in [0.2, 0.25) is 0 Å². The van der Waals surface area contributed by atoms with Crippen LogP contribution >= 0.6 is 11.8 Å². The molecule has 1 aliphatic rings. The number of hydrogen-bond donors (Lipinski definition) is 2. The number of thioether (sulfide) groups is 1. The highest BCUT2D eigenvalue weighted by Gasteiger charge is 2.17. The van der Waals surface area contributed by atoms with Gasteiger partial charge >= 0.3 is 0 Å². The van der Waals surface area contributed by atoms with E-state index in [2.05, 4.69) is 16.6 Å². The van der Waals surface area contributed by atoms with Crippen molar-refractivity contribution in [3.8, 4) is 12.3 Å². The van der Waals surface area contributed by atoms with Crippen LogP contribution in [0.15, 0.2) is 0 Å². The summed E-state index contributed by atoms with van der Waals surface area (Å²) in [5.41, 5.74) is 0. The molecule has 0 radical (unpaired) electrons. The summed E-state index contributed by atoms with van der Waals surface area (Å²) in [6.07, 6.45) is 7.69. The first-order valence-corrected chi connectivity index (χ1v) is 7.26. The first-order chi connectivity index (χ1) is 8.13. The molecule has 4 heteroatoms. The Morgan fingerprint density at radius 2 is 2.18 bits per heavy atom. The van der Waals surface area contributed by atoms with Gasteiger partial charge in [0.05, 0.1) is 11.8 Å². The van der Waals surface area contributed by atoms with E-state index in [0.29, 0.717) is 11.0 Å². The Morgan fingerprint density at radius 3 is 2.71 bits per heavy atom. The van der Waals surface area contributed by atoms with Gasteiger partial charge in [-0.2, -0.15) is 0 Å². The van der Waals surface area contributed by atoms with E-state index >= 15 is 0 Å². The van der Waals surface area contributed by atoms with E-state index in [9.17, 15) is 4.79 Å². The molecule has 1 amide bonds. The van der Waals surface area contributed by atoms with Gasteiger partial charge in [-0.1, -0.05) is 19.8 Å². The first-order valence-electron chi connectivity index (χ1n) is 6.21. The van der Waals surface area contributed by atoms with Gasteiger partial charge in [0.2, 0.25) is 5.91 Å². The summed E-state index contributed by atoms with van der Waals surface area (Å²) in [4.78, 5) is 11.7. The molecule has 0 bridgehead atoms. The molecule has 96 valence electrons. The van der Waals surface area contributed by atoms with Crippen molar-refractivity contribution in [2.45, 2.75) is 38.0 Å². The van der Waals surface area contributed by atoms with Crippen molar-refractivity contribution < 1.29 is 4.79 Å². The predicted molar refractivity (Wildman–Crippen MR) is 74.0 cm³/mol. The Labute approximate surface area is 108 Å². The van der Waals surface area contributed by atoms with Gasteiger partial charge in [0.25, 0.3) is 0 Å². The molecule has 1 heterocycles. The van der Waals surface area contributed by atoms with Crippen molar-refractivity contribution in [2.24, 2.45) is 5.92 Å². The quantitative estimate of drug-likeness (QED) is 0.726. The first kappa shape index (κ1) is 14.4. The minimum atomic E-state index is -0.142. The highest BCUT2D eigenvalue weighted by atomic mass is 32.2. The predicted octanol–water partition coefficient (Wildman–Crippen LogP) is 1.25. The lowest BCUT2D eigenvalue weighted by molar-refractivity contribution is -0.119. The number of rotatable bonds is 5. The average Bonchev–Trinajstić information content (AvgIpc) is 2.34. The summed E-state index contributed by atoms with van der Waals surface area (Å²) in [6.45, 7) is 6.17. The molecule has 2 N–H and O–H groups in total. The minimum absolute atomic E-state index is 0.0604. The lowest BCUT2D eigenvalue weighted by Crippen LogP contribution is -2.39. The van der Waals surface area contributed by atoms with Gasteiger partial charge in [-0.3, -0.25) is 4.79 Å². The van der Waals surface area contributed by atoms with E-state index in [4.69, 9.17) is 6.42 Å². The highest BCUT2D eigenvalue weighted by molar-refractivity contribution is 8.00. The number of carbonyl (C=O) groups is 1. The fraction of sp³-hybridized carbons (Fsp3) is 0.769. The second-order valence-electron chi connectivity index (χ2n) is 4.72. The van der Waals surface area contributed by atoms with Gasteiger partial charge in [0, 0.05) is 5.25 Å². The molecule has 0 aromatic rings. The van der Waals surface area contributed by atoms with Gasteiger partial charge < -0.3 is 10.6 Å². The fourth-order valence-electron chi connectivity index (χ4n) is 1.77. The molecule has 0 saturated carbocycles. The highest BCUT2D eigenvalue weighted by Crippen LogP contribution is 2.19. The molecule has 1 aliphatic heterocycles. The monoisotopic (exact) mass is 254 g/mol. The standard InChI is InChI=1S/C13H22N2OS/c1-4-12(10(2)3)15-13(16)9-17-11-5-7-14-8-6-11/h1,10-12,14H,5-9H2,2-3H3,(H,15,16). The molecule has 1 atom stereocenters. The summed E-state index contributed by atoms with van der Waals surface area (Å²) < 4.78 is 0. The smallest absolute Gasteiger partial charge is 0.230 e. The summed E-state index contributed by atoms with van der Waals surface area (Å²) in [5, 5.41) is 6.83. The zero-order valence-corrected chi connectivity index (χ0v) is 11.5. The third-order valence-corrected chi connectivity index (χ3v) is 4.27. The lowest BCUT2D eigenvalue weighted by atomic mass is 10.1. The molecule has 0 aliphatic carbocycles. The summed E-state index contributed by atoms with van der Waals surface area (Å²) in [7, 11) is 0. The van der Waals surface area contributed by atoms with Crippen molar-refractivity contribution in [3.63, 3.8) is 0 Å². The van der Waals surface area contributed by atoms with E-state index < -0.39 is 0 Å². The van der Waals surface area contributed by atoms with Crippen LogP contribution in [-0.2, 0) is 4.79 Å². The van der Waals surface area contributed by atoms with Gasteiger partial charge in [0.1, 0.15) is 0 Å². The zero-order chi connectivity index (χ0) is 12.7. The molecule has 0 aromatic carbocycles. The number of carbonyl (C=O) groups excluding carboxylic acids is 1. The second kappa shape index (κ2) is 7.62.